The SMILES string of the molecule is Cc1cc(C)nc(CN2CCOc3c(cc(Cn4ccnc4C)cc3-c3scnc3C)C2=O)c1. The van der Waals surface area contributed by atoms with Gasteiger partial charge < -0.3 is 14.2 Å². The minimum atomic E-state index is -0.0407. The number of nitrogens with zero attached hydrogens (tertiary/aromatic N) is 5. The molecule has 34 heavy (non-hydrogen) atoms. The molecular formula is C26H27N5O2S. The number of imidazole rings is 1. The molecule has 3 aromatic heterocycles. The van der Waals surface area contributed by atoms with E-state index in [2.05, 4.69) is 32.5 Å². The Morgan fingerprint density at radius 3 is 2.56 bits per heavy atom. The zero-order valence-corrected chi connectivity index (χ0v) is 20.6. The Bertz CT molecular complexity index is 1350. The highest BCUT2D eigenvalue weighted by molar-refractivity contribution is 7.13. The molecule has 0 fully saturated rings. The summed E-state index contributed by atoms with van der Waals surface area (Å²) in [4.78, 5) is 30.1. The van der Waals surface area contributed by atoms with Gasteiger partial charge in [0.15, 0.2) is 0 Å². The first kappa shape index (κ1) is 22.3. The molecular weight excluding hydrogens is 446 g/mol. The second-order valence-corrected chi connectivity index (χ2v) is 9.60. The van der Waals surface area contributed by atoms with Gasteiger partial charge in [0.05, 0.1) is 40.4 Å². The van der Waals surface area contributed by atoms with E-state index in [9.17, 15) is 4.79 Å². The molecule has 0 unspecified atom stereocenters. The van der Waals surface area contributed by atoms with Crippen LogP contribution in [-0.4, -0.2) is 43.5 Å². The van der Waals surface area contributed by atoms with Crippen molar-refractivity contribution in [1.82, 2.24) is 24.4 Å². The minimum Gasteiger partial charge on any atom is -0.490 e. The lowest BCUT2D eigenvalue weighted by atomic mass is 10.0. The van der Waals surface area contributed by atoms with Crippen LogP contribution in [0.15, 0.2) is 42.2 Å². The second kappa shape index (κ2) is 9.02. The summed E-state index contributed by atoms with van der Waals surface area (Å²) in [5.41, 5.74) is 8.27. The smallest absolute Gasteiger partial charge is 0.258 e. The molecule has 0 saturated heterocycles. The fourth-order valence-corrected chi connectivity index (χ4v) is 5.29. The maximum Gasteiger partial charge on any atom is 0.258 e. The van der Waals surface area contributed by atoms with Crippen LogP contribution in [0.2, 0.25) is 0 Å². The molecule has 0 spiro atoms. The van der Waals surface area contributed by atoms with Gasteiger partial charge in [0.2, 0.25) is 0 Å². The van der Waals surface area contributed by atoms with Gasteiger partial charge in [-0.25, -0.2) is 9.97 Å². The summed E-state index contributed by atoms with van der Waals surface area (Å²) >= 11 is 1.56. The number of thiazole rings is 1. The van der Waals surface area contributed by atoms with Gasteiger partial charge in [-0.15, -0.1) is 11.3 Å². The molecule has 0 aliphatic carbocycles. The number of amides is 1. The van der Waals surface area contributed by atoms with Gasteiger partial charge in [-0.3, -0.25) is 9.78 Å². The molecule has 0 atom stereocenters. The van der Waals surface area contributed by atoms with Gasteiger partial charge in [-0.1, -0.05) is 0 Å². The van der Waals surface area contributed by atoms with Crippen molar-refractivity contribution in [2.24, 2.45) is 0 Å². The lowest BCUT2D eigenvalue weighted by molar-refractivity contribution is 0.0740. The molecule has 174 valence electrons. The van der Waals surface area contributed by atoms with Crippen molar-refractivity contribution in [1.29, 1.82) is 0 Å². The number of carbonyl (C=O) groups excluding carboxylic acids is 1. The van der Waals surface area contributed by atoms with Crippen LogP contribution in [0.5, 0.6) is 5.75 Å². The first-order valence-corrected chi connectivity index (χ1v) is 12.2. The molecule has 0 N–H and O–H groups in total. The van der Waals surface area contributed by atoms with Crippen LogP contribution in [0.3, 0.4) is 0 Å². The van der Waals surface area contributed by atoms with Crippen molar-refractivity contribution < 1.29 is 9.53 Å². The van der Waals surface area contributed by atoms with Crippen molar-refractivity contribution in [2.75, 3.05) is 13.2 Å². The second-order valence-electron chi connectivity index (χ2n) is 8.74. The molecule has 5 rings (SSSR count). The van der Waals surface area contributed by atoms with Gasteiger partial charge in [-0.05, 0) is 63.1 Å². The van der Waals surface area contributed by atoms with Crippen LogP contribution < -0.4 is 4.74 Å². The molecule has 1 amide bonds. The molecule has 0 saturated carbocycles. The molecule has 1 aliphatic heterocycles. The Kier molecular flexibility index (Phi) is 5.91. The Hall–Kier alpha value is -3.52. The standard InChI is InChI=1S/C26H27N5O2S/c1-16-9-17(2)29-21(10-16)14-31-7-8-33-24-22(25-18(3)28-15-34-25)11-20(12-23(24)26(31)32)13-30-6-5-27-19(30)4/h5-6,9-12,15H,7-8,13-14H2,1-4H3. The third kappa shape index (κ3) is 4.33. The largest absolute Gasteiger partial charge is 0.490 e. The van der Waals surface area contributed by atoms with Gasteiger partial charge in [0.1, 0.15) is 18.2 Å². The van der Waals surface area contributed by atoms with E-state index in [0.29, 0.717) is 37.6 Å². The molecule has 7 nitrogen and oxygen atoms in total. The number of pyridine rings is 1. The van der Waals surface area contributed by atoms with Crippen LogP contribution >= 0.6 is 11.3 Å². The van der Waals surface area contributed by atoms with Crippen molar-refractivity contribution in [3.63, 3.8) is 0 Å². The summed E-state index contributed by atoms with van der Waals surface area (Å²) in [6.07, 6.45) is 3.74. The Morgan fingerprint density at radius 2 is 1.85 bits per heavy atom. The number of ether oxygens (including phenoxy) is 1. The highest BCUT2D eigenvalue weighted by Crippen LogP contribution is 2.40. The molecule has 4 heterocycles. The predicted octanol–water partition coefficient (Wildman–Crippen LogP) is 4.72. The van der Waals surface area contributed by atoms with Crippen LogP contribution in [0, 0.1) is 27.7 Å². The van der Waals surface area contributed by atoms with Gasteiger partial charge in [-0.2, -0.15) is 0 Å². The first-order chi connectivity index (χ1) is 16.4. The highest BCUT2D eigenvalue weighted by atomic mass is 32.1. The summed E-state index contributed by atoms with van der Waals surface area (Å²) in [5.74, 6) is 1.52. The first-order valence-electron chi connectivity index (χ1n) is 11.3. The molecule has 8 heteroatoms. The maximum atomic E-state index is 13.8. The highest BCUT2D eigenvalue weighted by Gasteiger charge is 2.28. The van der Waals surface area contributed by atoms with E-state index in [1.165, 1.54) is 0 Å². The van der Waals surface area contributed by atoms with Gasteiger partial charge >= 0.3 is 0 Å². The van der Waals surface area contributed by atoms with Crippen LogP contribution in [0.4, 0.5) is 0 Å². The van der Waals surface area contributed by atoms with E-state index in [1.54, 1.807) is 17.5 Å². The van der Waals surface area contributed by atoms with E-state index in [-0.39, 0.29) is 5.91 Å². The van der Waals surface area contributed by atoms with Crippen molar-refractivity contribution >= 4 is 17.2 Å². The average Bonchev–Trinajstić information content (AvgIpc) is 3.36. The number of aromatic nitrogens is 4. The lowest BCUT2D eigenvalue weighted by Crippen LogP contribution is -2.32. The number of hydrogen-bond acceptors (Lipinski definition) is 6. The molecule has 1 aliphatic rings. The third-order valence-electron chi connectivity index (χ3n) is 6.04. The summed E-state index contributed by atoms with van der Waals surface area (Å²) in [6, 6.07) is 8.16. The zero-order valence-electron chi connectivity index (χ0n) is 19.8. The fourth-order valence-electron chi connectivity index (χ4n) is 4.47. The number of fused-ring (bicyclic) bond motifs is 1. The van der Waals surface area contributed by atoms with Crippen molar-refractivity contribution in [3.05, 3.63) is 81.8 Å². The Morgan fingerprint density at radius 1 is 1.03 bits per heavy atom. The van der Waals surface area contributed by atoms with Crippen LogP contribution in [0.25, 0.3) is 10.4 Å². The minimum absolute atomic E-state index is 0.0407. The van der Waals surface area contributed by atoms with Crippen LogP contribution in [-0.2, 0) is 13.1 Å². The topological polar surface area (TPSA) is 73.1 Å². The van der Waals surface area contributed by atoms with E-state index >= 15 is 0 Å². The average molecular weight is 474 g/mol. The van der Waals surface area contributed by atoms with E-state index in [4.69, 9.17) is 4.74 Å². The Balaban J connectivity index is 1.58. The quantitative estimate of drug-likeness (QED) is 0.419. The van der Waals surface area contributed by atoms with E-state index in [1.807, 2.05) is 55.6 Å². The summed E-state index contributed by atoms with van der Waals surface area (Å²) in [7, 11) is 0. The summed E-state index contributed by atoms with van der Waals surface area (Å²) < 4.78 is 8.31. The van der Waals surface area contributed by atoms with Crippen LogP contribution in [0.1, 0.15) is 44.4 Å². The number of carbonyl (C=O) groups is 1. The molecule has 0 radical (unpaired) electrons. The summed E-state index contributed by atoms with van der Waals surface area (Å²) in [6.45, 7) is 9.99. The molecule has 0 bridgehead atoms. The van der Waals surface area contributed by atoms with E-state index < -0.39 is 0 Å². The maximum absolute atomic E-state index is 13.8. The monoisotopic (exact) mass is 473 g/mol. The number of rotatable bonds is 5. The Labute approximate surface area is 203 Å². The predicted molar refractivity (Wildman–Crippen MR) is 132 cm³/mol. The fraction of sp³-hybridized carbons (Fsp3) is 0.308. The third-order valence-corrected chi connectivity index (χ3v) is 7.01. The normalized spacial score (nSPS) is 13.5. The summed E-state index contributed by atoms with van der Waals surface area (Å²) in [5, 5.41) is 0. The number of benzene rings is 1. The van der Waals surface area contributed by atoms with Crippen molar-refractivity contribution in [3.8, 4) is 16.2 Å². The number of hydrogen-bond donors (Lipinski definition) is 0. The van der Waals surface area contributed by atoms with Gasteiger partial charge in [0.25, 0.3) is 5.91 Å². The zero-order chi connectivity index (χ0) is 23.8. The lowest BCUT2D eigenvalue weighted by Gasteiger charge is -2.20. The molecule has 4 aromatic rings. The van der Waals surface area contributed by atoms with E-state index in [0.717, 1.165) is 44.5 Å². The van der Waals surface area contributed by atoms with Gasteiger partial charge in [0, 0.05) is 30.2 Å². The number of aryl methyl sites for hydroxylation is 4. The molecule has 1 aromatic carbocycles. The van der Waals surface area contributed by atoms with Crippen molar-refractivity contribution in [2.45, 2.75) is 40.8 Å².